The molecule has 1 N–H and O–H groups in total. The summed E-state index contributed by atoms with van der Waals surface area (Å²) in [5, 5.41) is 3.37. The molecule has 30 heavy (non-hydrogen) atoms. The number of imidazole rings is 1. The van der Waals surface area contributed by atoms with E-state index in [0.717, 1.165) is 44.8 Å². The van der Waals surface area contributed by atoms with E-state index in [9.17, 15) is 4.79 Å². The lowest BCUT2D eigenvalue weighted by Gasteiger charge is -2.36. The maximum atomic E-state index is 12.5. The summed E-state index contributed by atoms with van der Waals surface area (Å²) in [7, 11) is 0. The predicted molar refractivity (Wildman–Crippen MR) is 120 cm³/mol. The summed E-state index contributed by atoms with van der Waals surface area (Å²) in [5.41, 5.74) is 0.824. The highest BCUT2D eigenvalue weighted by Gasteiger charge is 2.24. The molecule has 1 aliphatic rings. The number of aryl methyl sites for hydroxylation is 1. The molecule has 2 aromatic rings. The lowest BCUT2D eigenvalue weighted by molar-refractivity contribution is 0.0811. The van der Waals surface area contributed by atoms with Gasteiger partial charge in [0.1, 0.15) is 17.7 Å². The van der Waals surface area contributed by atoms with Crippen LogP contribution in [0.1, 0.15) is 56.7 Å². The van der Waals surface area contributed by atoms with Gasteiger partial charge >= 0.3 is 0 Å². The Hall–Kier alpha value is -2.05. The molecule has 3 rings (SSSR count). The molecule has 7 heteroatoms. The number of ether oxygens (including phenoxy) is 1. The Kier molecular flexibility index (Phi) is 7.42. The van der Waals surface area contributed by atoms with E-state index >= 15 is 0 Å². The van der Waals surface area contributed by atoms with Crippen molar-refractivity contribution < 1.29 is 9.53 Å². The van der Waals surface area contributed by atoms with Gasteiger partial charge in [0.15, 0.2) is 0 Å². The monoisotopic (exact) mass is 432 g/mol. The summed E-state index contributed by atoms with van der Waals surface area (Å²) in [6.07, 6.45) is 5.77. The molecule has 0 bridgehead atoms. The average Bonchev–Trinajstić information content (AvgIpc) is 3.15. The quantitative estimate of drug-likeness (QED) is 0.705. The molecule has 0 unspecified atom stereocenters. The van der Waals surface area contributed by atoms with Gasteiger partial charge in [-0.3, -0.25) is 4.79 Å². The molecule has 0 radical (unpaired) electrons. The van der Waals surface area contributed by atoms with Crippen molar-refractivity contribution in [3.05, 3.63) is 47.0 Å². The molecule has 0 aliphatic carbocycles. The first-order valence-electron chi connectivity index (χ1n) is 10.7. The van der Waals surface area contributed by atoms with Crippen molar-refractivity contribution in [2.24, 2.45) is 5.41 Å². The van der Waals surface area contributed by atoms with E-state index in [2.05, 4.69) is 36.0 Å². The van der Waals surface area contributed by atoms with Crippen LogP contribution in [0.5, 0.6) is 5.75 Å². The normalized spacial score (nSPS) is 15.9. The summed E-state index contributed by atoms with van der Waals surface area (Å²) in [4.78, 5) is 19.3. The van der Waals surface area contributed by atoms with Crippen LogP contribution >= 0.6 is 11.6 Å². The van der Waals surface area contributed by atoms with Gasteiger partial charge < -0.3 is 19.5 Å². The van der Waals surface area contributed by atoms with E-state index in [1.807, 2.05) is 17.7 Å². The second kappa shape index (κ2) is 9.84. The van der Waals surface area contributed by atoms with Crippen LogP contribution < -0.4 is 10.1 Å². The lowest BCUT2D eigenvalue weighted by atomic mass is 9.94. The number of nitrogens with zero attached hydrogens (tertiary/aromatic N) is 3. The smallest absolute Gasteiger partial charge is 0.251 e. The number of amides is 1. The zero-order chi connectivity index (χ0) is 21.7. The van der Waals surface area contributed by atoms with E-state index in [0.29, 0.717) is 28.3 Å². The van der Waals surface area contributed by atoms with Crippen LogP contribution in [0.15, 0.2) is 30.6 Å². The second-order valence-corrected chi connectivity index (χ2v) is 9.52. The minimum Gasteiger partial charge on any atom is -0.489 e. The van der Waals surface area contributed by atoms with Gasteiger partial charge in [-0.25, -0.2) is 4.98 Å². The van der Waals surface area contributed by atoms with Crippen LogP contribution in [0.2, 0.25) is 5.02 Å². The maximum absolute atomic E-state index is 12.5. The van der Waals surface area contributed by atoms with Gasteiger partial charge in [-0.15, -0.1) is 0 Å². The zero-order valence-corrected chi connectivity index (χ0v) is 19.2. The Morgan fingerprint density at radius 3 is 2.67 bits per heavy atom. The maximum Gasteiger partial charge on any atom is 0.251 e. The number of benzene rings is 1. The van der Waals surface area contributed by atoms with Gasteiger partial charge in [0.05, 0.1) is 11.6 Å². The van der Waals surface area contributed by atoms with Crippen molar-refractivity contribution in [1.82, 2.24) is 19.8 Å². The highest BCUT2D eigenvalue weighted by atomic mass is 35.5. The number of aromatic nitrogens is 2. The fourth-order valence-electron chi connectivity index (χ4n) is 3.83. The van der Waals surface area contributed by atoms with Gasteiger partial charge in [-0.2, -0.15) is 0 Å². The highest BCUT2D eigenvalue weighted by molar-refractivity contribution is 6.32. The molecule has 1 aromatic heterocycles. The van der Waals surface area contributed by atoms with Crippen LogP contribution in [0.25, 0.3) is 0 Å². The van der Waals surface area contributed by atoms with Gasteiger partial charge in [-0.05, 0) is 43.4 Å². The first kappa shape index (κ1) is 22.6. The third-order valence-corrected chi connectivity index (χ3v) is 5.57. The fourth-order valence-corrected chi connectivity index (χ4v) is 4.05. The Bertz CT molecular complexity index is 851. The zero-order valence-electron chi connectivity index (χ0n) is 18.4. The van der Waals surface area contributed by atoms with Gasteiger partial charge in [0.25, 0.3) is 5.91 Å². The number of piperidine rings is 1. The minimum atomic E-state index is -0.176. The number of nitrogens with one attached hydrogen (secondary N) is 1. The number of likely N-dealkylation sites (tertiary alicyclic amines) is 1. The molecule has 1 aliphatic heterocycles. The average molecular weight is 433 g/mol. The molecule has 0 saturated carbocycles. The molecular formula is C23H33ClN4O2. The van der Waals surface area contributed by atoms with Crippen molar-refractivity contribution >= 4 is 17.5 Å². The summed E-state index contributed by atoms with van der Waals surface area (Å²) in [6, 6.07) is 5.23. The number of carbonyl (C=O) groups excluding carboxylic acids is 1. The van der Waals surface area contributed by atoms with Crippen LogP contribution in [0, 0.1) is 5.41 Å². The SMILES string of the molecule is CCn1ccnc1CNC(=O)c1ccc(OC2CCN(CC(C)(C)C)CC2)c(Cl)c1. The number of hydrogen-bond acceptors (Lipinski definition) is 4. The van der Waals surface area contributed by atoms with Crippen molar-refractivity contribution in [2.75, 3.05) is 19.6 Å². The number of halogens is 1. The molecule has 1 aromatic carbocycles. The molecule has 0 spiro atoms. The van der Waals surface area contributed by atoms with E-state index in [4.69, 9.17) is 16.3 Å². The van der Waals surface area contributed by atoms with Crippen molar-refractivity contribution in [3.8, 4) is 5.75 Å². The molecule has 1 amide bonds. The highest BCUT2D eigenvalue weighted by Crippen LogP contribution is 2.29. The van der Waals surface area contributed by atoms with Crippen molar-refractivity contribution in [2.45, 2.75) is 59.7 Å². The Morgan fingerprint density at radius 2 is 2.03 bits per heavy atom. The van der Waals surface area contributed by atoms with Crippen LogP contribution in [0.4, 0.5) is 0 Å². The Labute approximate surface area is 184 Å². The third kappa shape index (κ3) is 6.22. The van der Waals surface area contributed by atoms with Gasteiger partial charge in [-0.1, -0.05) is 32.4 Å². The van der Waals surface area contributed by atoms with Crippen LogP contribution in [-0.4, -0.2) is 46.1 Å². The second-order valence-electron chi connectivity index (χ2n) is 9.11. The molecule has 0 atom stereocenters. The van der Waals surface area contributed by atoms with E-state index in [-0.39, 0.29) is 12.0 Å². The van der Waals surface area contributed by atoms with Crippen molar-refractivity contribution in [1.29, 1.82) is 0 Å². The predicted octanol–water partition coefficient (Wildman–Crippen LogP) is 4.38. The number of carbonyl (C=O) groups is 1. The summed E-state index contributed by atoms with van der Waals surface area (Å²) in [5.74, 6) is 1.29. The number of rotatable bonds is 7. The summed E-state index contributed by atoms with van der Waals surface area (Å²) < 4.78 is 8.14. The molecule has 2 heterocycles. The van der Waals surface area contributed by atoms with E-state index in [1.165, 1.54) is 0 Å². The molecule has 1 saturated heterocycles. The van der Waals surface area contributed by atoms with Crippen LogP contribution in [0.3, 0.4) is 0 Å². The Morgan fingerprint density at radius 1 is 1.30 bits per heavy atom. The molecule has 164 valence electrons. The minimum absolute atomic E-state index is 0.159. The molecule has 6 nitrogen and oxygen atoms in total. The van der Waals surface area contributed by atoms with Crippen LogP contribution in [-0.2, 0) is 13.1 Å². The first-order chi connectivity index (χ1) is 14.2. The Balaban J connectivity index is 1.52. The van der Waals surface area contributed by atoms with Crippen molar-refractivity contribution in [3.63, 3.8) is 0 Å². The van der Waals surface area contributed by atoms with Gasteiger partial charge in [0, 0.05) is 44.1 Å². The molecular weight excluding hydrogens is 400 g/mol. The molecule has 1 fully saturated rings. The van der Waals surface area contributed by atoms with E-state index in [1.54, 1.807) is 24.4 Å². The summed E-state index contributed by atoms with van der Waals surface area (Å²) in [6.45, 7) is 13.2. The standard InChI is InChI=1S/C23H33ClN4O2/c1-5-28-13-10-25-21(28)15-26-22(29)17-6-7-20(19(24)14-17)30-18-8-11-27(12-9-18)16-23(2,3)4/h6-7,10,13-14,18H,5,8-9,11-12,15-16H2,1-4H3,(H,26,29). The third-order valence-electron chi connectivity index (χ3n) is 5.27. The lowest BCUT2D eigenvalue weighted by Crippen LogP contribution is -2.42. The van der Waals surface area contributed by atoms with E-state index < -0.39 is 0 Å². The fraction of sp³-hybridized carbons (Fsp3) is 0.565. The largest absolute Gasteiger partial charge is 0.489 e. The van der Waals surface area contributed by atoms with Gasteiger partial charge in [0.2, 0.25) is 0 Å². The topological polar surface area (TPSA) is 59.4 Å². The summed E-state index contributed by atoms with van der Waals surface area (Å²) >= 11 is 6.42. The number of hydrogen-bond donors (Lipinski definition) is 1. The first-order valence-corrected chi connectivity index (χ1v) is 11.1.